The molecule has 0 unspecified atom stereocenters. The summed E-state index contributed by atoms with van der Waals surface area (Å²) in [6, 6.07) is 5.98. The molecule has 0 aliphatic carbocycles. The highest BCUT2D eigenvalue weighted by atomic mass is 16.7. The summed E-state index contributed by atoms with van der Waals surface area (Å²) in [4.78, 5) is 34.6. The van der Waals surface area contributed by atoms with Gasteiger partial charge in [-0.3, -0.25) is 14.5 Å². The third kappa shape index (κ3) is 3.55. The van der Waals surface area contributed by atoms with Gasteiger partial charge in [0.25, 0.3) is 5.56 Å². The van der Waals surface area contributed by atoms with Crippen molar-refractivity contribution in [2.24, 2.45) is 0 Å². The number of H-pyrrole nitrogens is 1. The van der Waals surface area contributed by atoms with Gasteiger partial charge in [-0.15, -0.1) is 0 Å². The first-order valence-corrected chi connectivity index (χ1v) is 8.59. The zero-order valence-corrected chi connectivity index (χ0v) is 14.3. The summed E-state index contributed by atoms with van der Waals surface area (Å²) in [6.07, 6.45) is 2.86. The monoisotopic (exact) mass is 356 g/mol. The van der Waals surface area contributed by atoms with Crippen molar-refractivity contribution >= 4 is 5.91 Å². The predicted molar refractivity (Wildman–Crippen MR) is 93.0 cm³/mol. The Morgan fingerprint density at radius 1 is 1.15 bits per heavy atom. The lowest BCUT2D eigenvalue weighted by atomic mass is 10.1. The van der Waals surface area contributed by atoms with Crippen LogP contribution in [0.15, 0.2) is 35.5 Å². The number of hydrogen-bond acceptors (Lipinski definition) is 6. The molecular formula is C18H20N4O4. The summed E-state index contributed by atoms with van der Waals surface area (Å²) in [5.74, 6) is 1.54. The van der Waals surface area contributed by atoms with Gasteiger partial charge in [0.2, 0.25) is 12.7 Å². The Bertz CT molecular complexity index is 858. The Morgan fingerprint density at radius 3 is 2.77 bits per heavy atom. The van der Waals surface area contributed by atoms with Crippen molar-refractivity contribution < 1.29 is 14.3 Å². The fourth-order valence-electron chi connectivity index (χ4n) is 3.23. The number of aromatic nitrogens is 2. The van der Waals surface area contributed by atoms with Crippen LogP contribution in [0.25, 0.3) is 0 Å². The zero-order valence-electron chi connectivity index (χ0n) is 14.3. The van der Waals surface area contributed by atoms with Crippen LogP contribution in [0.4, 0.5) is 0 Å². The van der Waals surface area contributed by atoms with Crippen LogP contribution in [0.2, 0.25) is 0 Å². The summed E-state index contributed by atoms with van der Waals surface area (Å²) in [5.41, 5.74) is 1.31. The summed E-state index contributed by atoms with van der Waals surface area (Å²) < 4.78 is 10.7. The molecule has 2 aliphatic heterocycles. The highest BCUT2D eigenvalue weighted by Crippen LogP contribution is 2.32. The first-order valence-electron chi connectivity index (χ1n) is 8.59. The molecule has 1 N–H and O–H groups in total. The van der Waals surface area contributed by atoms with Crippen molar-refractivity contribution in [2.45, 2.75) is 13.0 Å². The average molecular weight is 356 g/mol. The van der Waals surface area contributed by atoms with E-state index in [1.807, 2.05) is 23.1 Å². The Labute approximate surface area is 150 Å². The predicted octanol–water partition coefficient (Wildman–Crippen LogP) is 0.386. The van der Waals surface area contributed by atoms with Gasteiger partial charge in [0, 0.05) is 44.5 Å². The minimum atomic E-state index is -0.255. The van der Waals surface area contributed by atoms with Crippen molar-refractivity contribution in [2.75, 3.05) is 33.0 Å². The summed E-state index contributed by atoms with van der Waals surface area (Å²) in [6.45, 7) is 3.98. The van der Waals surface area contributed by atoms with Gasteiger partial charge in [0.15, 0.2) is 11.5 Å². The molecule has 0 atom stereocenters. The molecule has 26 heavy (non-hydrogen) atoms. The third-order valence-corrected chi connectivity index (χ3v) is 4.70. The number of amides is 1. The second kappa shape index (κ2) is 7.17. The second-order valence-electron chi connectivity index (χ2n) is 6.43. The second-order valence-corrected chi connectivity index (χ2v) is 6.43. The highest BCUT2D eigenvalue weighted by Gasteiger charge is 2.22. The summed E-state index contributed by atoms with van der Waals surface area (Å²) >= 11 is 0. The van der Waals surface area contributed by atoms with E-state index in [1.165, 1.54) is 12.5 Å². The number of aromatic amines is 1. The molecule has 3 heterocycles. The fourth-order valence-corrected chi connectivity index (χ4v) is 3.23. The number of carbonyl (C=O) groups is 1. The molecule has 2 aliphatic rings. The van der Waals surface area contributed by atoms with Crippen LogP contribution in [0.1, 0.15) is 11.1 Å². The molecule has 1 aromatic heterocycles. The van der Waals surface area contributed by atoms with E-state index in [2.05, 4.69) is 14.9 Å². The number of ether oxygens (including phenoxy) is 2. The average Bonchev–Trinajstić information content (AvgIpc) is 3.12. The molecule has 0 saturated carbocycles. The largest absolute Gasteiger partial charge is 0.454 e. The maximum Gasteiger partial charge on any atom is 0.254 e. The Morgan fingerprint density at radius 2 is 1.96 bits per heavy atom. The van der Waals surface area contributed by atoms with Gasteiger partial charge in [0.05, 0.1) is 12.7 Å². The van der Waals surface area contributed by atoms with Crippen LogP contribution < -0.4 is 15.0 Å². The van der Waals surface area contributed by atoms with Gasteiger partial charge >= 0.3 is 0 Å². The lowest BCUT2D eigenvalue weighted by molar-refractivity contribution is -0.132. The number of rotatable bonds is 4. The first-order chi connectivity index (χ1) is 12.7. The van der Waals surface area contributed by atoms with E-state index < -0.39 is 0 Å². The van der Waals surface area contributed by atoms with Crippen molar-refractivity contribution in [3.63, 3.8) is 0 Å². The van der Waals surface area contributed by atoms with E-state index >= 15 is 0 Å². The normalized spacial score (nSPS) is 16.7. The number of nitrogens with one attached hydrogen (secondary N) is 1. The van der Waals surface area contributed by atoms with Crippen LogP contribution in [0, 0.1) is 0 Å². The Hall–Kier alpha value is -2.87. The van der Waals surface area contributed by atoms with Crippen LogP contribution in [0.3, 0.4) is 0 Å². The molecule has 0 spiro atoms. The van der Waals surface area contributed by atoms with Gasteiger partial charge in [-0.25, -0.2) is 4.98 Å². The maximum absolute atomic E-state index is 12.4. The minimum Gasteiger partial charge on any atom is -0.454 e. The molecule has 1 amide bonds. The SMILES string of the molecule is O=C(Cc1cnc[nH]c1=O)N1CCN(Cc2ccc3c(c2)OCO3)CC1. The standard InChI is InChI=1S/C18H20N4O4/c23-17(8-14-9-19-11-20-18(14)24)22-5-3-21(4-6-22)10-13-1-2-15-16(7-13)26-12-25-15/h1-2,7,9,11H,3-6,8,10,12H2,(H,19,20,24). The van der Waals surface area contributed by atoms with Gasteiger partial charge in [0.1, 0.15) is 0 Å². The topological polar surface area (TPSA) is 87.8 Å². The molecule has 136 valence electrons. The Balaban J connectivity index is 1.30. The molecule has 8 nitrogen and oxygen atoms in total. The maximum atomic E-state index is 12.4. The summed E-state index contributed by atoms with van der Waals surface area (Å²) in [7, 11) is 0. The number of nitrogens with zero attached hydrogens (tertiary/aromatic N) is 3. The van der Waals surface area contributed by atoms with E-state index in [-0.39, 0.29) is 24.7 Å². The van der Waals surface area contributed by atoms with Crippen molar-refractivity contribution in [1.82, 2.24) is 19.8 Å². The summed E-state index contributed by atoms with van der Waals surface area (Å²) in [5, 5.41) is 0. The van der Waals surface area contributed by atoms with Gasteiger partial charge in [-0.05, 0) is 17.7 Å². The van der Waals surface area contributed by atoms with Crippen LogP contribution in [-0.4, -0.2) is 58.6 Å². The van der Waals surface area contributed by atoms with Crippen molar-refractivity contribution in [3.05, 3.63) is 52.2 Å². The molecule has 1 fully saturated rings. The van der Waals surface area contributed by atoms with E-state index in [4.69, 9.17) is 9.47 Å². The quantitative estimate of drug-likeness (QED) is 0.852. The number of fused-ring (bicyclic) bond motifs is 1. The first kappa shape index (κ1) is 16.6. The highest BCUT2D eigenvalue weighted by molar-refractivity contribution is 5.78. The number of benzene rings is 1. The van der Waals surface area contributed by atoms with Gasteiger partial charge < -0.3 is 19.4 Å². The van der Waals surface area contributed by atoms with Crippen LogP contribution in [-0.2, 0) is 17.8 Å². The molecule has 0 bridgehead atoms. The van der Waals surface area contributed by atoms with Crippen molar-refractivity contribution in [3.8, 4) is 11.5 Å². The van der Waals surface area contributed by atoms with Gasteiger partial charge in [-0.1, -0.05) is 6.07 Å². The smallest absolute Gasteiger partial charge is 0.254 e. The zero-order chi connectivity index (χ0) is 17.9. The number of piperazine rings is 1. The minimum absolute atomic E-state index is 0.0359. The van der Waals surface area contributed by atoms with E-state index in [0.717, 1.165) is 36.7 Å². The van der Waals surface area contributed by atoms with Crippen LogP contribution >= 0.6 is 0 Å². The molecule has 4 rings (SSSR count). The molecule has 2 aromatic rings. The van der Waals surface area contributed by atoms with Crippen LogP contribution in [0.5, 0.6) is 11.5 Å². The molecule has 0 radical (unpaired) electrons. The van der Waals surface area contributed by atoms with E-state index in [0.29, 0.717) is 18.7 Å². The molecular weight excluding hydrogens is 336 g/mol. The van der Waals surface area contributed by atoms with E-state index in [9.17, 15) is 9.59 Å². The Kier molecular flexibility index (Phi) is 4.57. The molecule has 1 aromatic carbocycles. The molecule has 8 heteroatoms. The lowest BCUT2D eigenvalue weighted by Gasteiger charge is -2.34. The fraction of sp³-hybridized carbons (Fsp3) is 0.389. The third-order valence-electron chi connectivity index (χ3n) is 4.70. The number of hydrogen-bond donors (Lipinski definition) is 1. The number of carbonyl (C=O) groups excluding carboxylic acids is 1. The lowest BCUT2D eigenvalue weighted by Crippen LogP contribution is -2.49. The molecule has 1 saturated heterocycles. The van der Waals surface area contributed by atoms with Crippen molar-refractivity contribution in [1.29, 1.82) is 0 Å². The van der Waals surface area contributed by atoms with Gasteiger partial charge in [-0.2, -0.15) is 0 Å². The van der Waals surface area contributed by atoms with E-state index in [1.54, 1.807) is 0 Å².